The van der Waals surface area contributed by atoms with E-state index in [1.54, 1.807) is 0 Å². The summed E-state index contributed by atoms with van der Waals surface area (Å²) in [5.41, 5.74) is 7.29. The Hall–Kier alpha value is -1.39. The van der Waals surface area contributed by atoms with Crippen molar-refractivity contribution in [3.05, 3.63) is 35.4 Å². The van der Waals surface area contributed by atoms with E-state index in [1.807, 2.05) is 24.3 Å². The summed E-state index contributed by atoms with van der Waals surface area (Å²) in [5.74, 6) is 0.138. The van der Waals surface area contributed by atoms with Crippen LogP contribution < -0.4 is 11.1 Å². The van der Waals surface area contributed by atoms with Crippen LogP contribution in [0.2, 0.25) is 0 Å². The molecular formula is C15H22N2O2. The van der Waals surface area contributed by atoms with Crippen molar-refractivity contribution in [2.45, 2.75) is 31.8 Å². The van der Waals surface area contributed by atoms with Crippen LogP contribution in [-0.4, -0.2) is 30.2 Å². The Morgan fingerprint density at radius 2 is 2.05 bits per heavy atom. The van der Waals surface area contributed by atoms with E-state index in [1.165, 1.54) is 0 Å². The van der Waals surface area contributed by atoms with Gasteiger partial charge >= 0.3 is 0 Å². The molecule has 0 bridgehead atoms. The van der Waals surface area contributed by atoms with Gasteiger partial charge in [0.05, 0.1) is 6.10 Å². The third-order valence-electron chi connectivity index (χ3n) is 3.79. The van der Waals surface area contributed by atoms with Crippen LogP contribution in [0.5, 0.6) is 0 Å². The molecule has 104 valence electrons. The molecule has 2 unspecified atom stereocenters. The fraction of sp³-hybridized carbons (Fsp3) is 0.533. The van der Waals surface area contributed by atoms with Gasteiger partial charge in [0.15, 0.2) is 0 Å². The summed E-state index contributed by atoms with van der Waals surface area (Å²) >= 11 is 0. The van der Waals surface area contributed by atoms with Crippen LogP contribution in [0.3, 0.4) is 0 Å². The van der Waals surface area contributed by atoms with Crippen LogP contribution in [0.4, 0.5) is 0 Å². The Labute approximate surface area is 114 Å². The molecule has 0 heterocycles. The Kier molecular flexibility index (Phi) is 4.93. The van der Waals surface area contributed by atoms with Crippen molar-refractivity contribution >= 4 is 5.91 Å². The van der Waals surface area contributed by atoms with Crippen molar-refractivity contribution < 1.29 is 9.90 Å². The second-order valence-electron chi connectivity index (χ2n) is 5.20. The summed E-state index contributed by atoms with van der Waals surface area (Å²) in [7, 11) is 0. The van der Waals surface area contributed by atoms with Crippen molar-refractivity contribution in [1.82, 2.24) is 5.32 Å². The number of benzene rings is 1. The largest absolute Gasteiger partial charge is 0.393 e. The second kappa shape index (κ2) is 6.68. The number of aliphatic hydroxyl groups excluding tert-OH is 1. The number of hydrogen-bond acceptors (Lipinski definition) is 3. The van der Waals surface area contributed by atoms with Gasteiger partial charge in [-0.1, -0.05) is 18.6 Å². The van der Waals surface area contributed by atoms with Crippen LogP contribution >= 0.6 is 0 Å². The minimum Gasteiger partial charge on any atom is -0.393 e. The van der Waals surface area contributed by atoms with Crippen molar-refractivity contribution in [1.29, 1.82) is 0 Å². The lowest BCUT2D eigenvalue weighted by Crippen LogP contribution is -2.32. The molecule has 1 aromatic rings. The lowest BCUT2D eigenvalue weighted by Gasteiger charge is -2.15. The number of hydrogen-bond donors (Lipinski definition) is 3. The van der Waals surface area contributed by atoms with Gasteiger partial charge in [-0.15, -0.1) is 0 Å². The van der Waals surface area contributed by atoms with Gasteiger partial charge in [-0.05, 0) is 43.5 Å². The van der Waals surface area contributed by atoms with Crippen molar-refractivity contribution in [2.24, 2.45) is 11.7 Å². The Balaban J connectivity index is 1.85. The number of nitrogens with one attached hydrogen (secondary N) is 1. The molecular weight excluding hydrogens is 240 g/mol. The maximum atomic E-state index is 12.0. The topological polar surface area (TPSA) is 75.4 Å². The fourth-order valence-electron chi connectivity index (χ4n) is 2.57. The quantitative estimate of drug-likeness (QED) is 0.743. The Morgan fingerprint density at radius 3 is 2.63 bits per heavy atom. The lowest BCUT2D eigenvalue weighted by atomic mass is 10.1. The number of carbonyl (C=O) groups is 1. The predicted molar refractivity (Wildman–Crippen MR) is 74.9 cm³/mol. The average molecular weight is 262 g/mol. The number of nitrogens with two attached hydrogens (primary N) is 1. The van der Waals surface area contributed by atoms with Crippen LogP contribution in [0.25, 0.3) is 0 Å². The minimum atomic E-state index is -0.257. The Morgan fingerprint density at radius 1 is 1.32 bits per heavy atom. The van der Waals surface area contributed by atoms with Crippen LogP contribution in [0, 0.1) is 5.92 Å². The van der Waals surface area contributed by atoms with Crippen LogP contribution in [0.1, 0.15) is 35.2 Å². The van der Waals surface area contributed by atoms with Crippen LogP contribution in [0.15, 0.2) is 24.3 Å². The molecule has 1 fully saturated rings. The fourth-order valence-corrected chi connectivity index (χ4v) is 2.57. The minimum absolute atomic E-state index is 0.0709. The SMILES string of the molecule is NCCc1ccc(C(=O)NCC2CCCC2O)cc1. The maximum Gasteiger partial charge on any atom is 0.251 e. The summed E-state index contributed by atoms with van der Waals surface area (Å²) in [6.45, 7) is 1.18. The van der Waals surface area contributed by atoms with E-state index in [4.69, 9.17) is 5.73 Å². The van der Waals surface area contributed by atoms with Gasteiger partial charge < -0.3 is 16.2 Å². The molecule has 1 aromatic carbocycles. The van der Waals surface area contributed by atoms with E-state index >= 15 is 0 Å². The lowest BCUT2D eigenvalue weighted by molar-refractivity contribution is 0.0917. The standard InChI is InChI=1S/C15H22N2O2/c16-9-8-11-4-6-12(7-5-11)15(19)17-10-13-2-1-3-14(13)18/h4-7,13-14,18H,1-3,8-10,16H2,(H,17,19). The summed E-state index contributed by atoms with van der Waals surface area (Å²) in [6.07, 6.45) is 3.48. The highest BCUT2D eigenvalue weighted by atomic mass is 16.3. The molecule has 1 aliphatic rings. The molecule has 4 heteroatoms. The third kappa shape index (κ3) is 3.78. The van der Waals surface area contributed by atoms with Gasteiger partial charge in [-0.3, -0.25) is 4.79 Å². The Bertz CT molecular complexity index is 417. The van der Waals surface area contributed by atoms with E-state index < -0.39 is 0 Å². The highest BCUT2D eigenvalue weighted by Crippen LogP contribution is 2.24. The summed E-state index contributed by atoms with van der Waals surface area (Å²) in [5, 5.41) is 12.6. The first-order chi connectivity index (χ1) is 9.20. The molecule has 2 rings (SSSR count). The van der Waals surface area contributed by atoms with Crippen molar-refractivity contribution in [3.63, 3.8) is 0 Å². The van der Waals surface area contributed by atoms with Gasteiger partial charge in [-0.2, -0.15) is 0 Å². The molecule has 1 amide bonds. The number of rotatable bonds is 5. The average Bonchev–Trinajstić information content (AvgIpc) is 2.83. The maximum absolute atomic E-state index is 12.0. The first-order valence-electron chi connectivity index (χ1n) is 6.96. The van der Waals surface area contributed by atoms with Gasteiger partial charge in [0.2, 0.25) is 0 Å². The molecule has 0 aromatic heterocycles. The van der Waals surface area contributed by atoms with E-state index in [0.29, 0.717) is 18.7 Å². The summed E-state index contributed by atoms with van der Waals surface area (Å²) in [4.78, 5) is 12.0. The monoisotopic (exact) mass is 262 g/mol. The zero-order valence-electron chi connectivity index (χ0n) is 11.1. The third-order valence-corrected chi connectivity index (χ3v) is 3.79. The van der Waals surface area contributed by atoms with Gasteiger partial charge in [-0.25, -0.2) is 0 Å². The van der Waals surface area contributed by atoms with E-state index in [0.717, 1.165) is 31.2 Å². The predicted octanol–water partition coefficient (Wildman–Crippen LogP) is 1.08. The van der Waals surface area contributed by atoms with E-state index in [2.05, 4.69) is 5.32 Å². The second-order valence-corrected chi connectivity index (χ2v) is 5.20. The van der Waals surface area contributed by atoms with E-state index in [-0.39, 0.29) is 17.9 Å². The van der Waals surface area contributed by atoms with Gasteiger partial charge in [0.25, 0.3) is 5.91 Å². The van der Waals surface area contributed by atoms with Gasteiger partial charge in [0, 0.05) is 18.0 Å². The first-order valence-corrected chi connectivity index (χ1v) is 6.96. The summed E-state index contributed by atoms with van der Waals surface area (Å²) in [6, 6.07) is 7.52. The van der Waals surface area contributed by atoms with E-state index in [9.17, 15) is 9.90 Å². The highest BCUT2D eigenvalue weighted by molar-refractivity contribution is 5.94. The van der Waals surface area contributed by atoms with Crippen LogP contribution in [-0.2, 0) is 6.42 Å². The normalized spacial score (nSPS) is 22.4. The number of aliphatic hydroxyl groups is 1. The molecule has 1 aliphatic carbocycles. The van der Waals surface area contributed by atoms with Gasteiger partial charge in [0.1, 0.15) is 0 Å². The first kappa shape index (κ1) is 14.0. The zero-order valence-corrected chi connectivity index (χ0v) is 11.1. The molecule has 0 saturated heterocycles. The molecule has 4 N–H and O–H groups in total. The number of carbonyl (C=O) groups excluding carboxylic acids is 1. The highest BCUT2D eigenvalue weighted by Gasteiger charge is 2.25. The zero-order chi connectivity index (χ0) is 13.7. The molecule has 0 aliphatic heterocycles. The van der Waals surface area contributed by atoms with Crippen molar-refractivity contribution in [3.8, 4) is 0 Å². The number of amides is 1. The molecule has 2 atom stereocenters. The molecule has 19 heavy (non-hydrogen) atoms. The molecule has 0 spiro atoms. The molecule has 0 radical (unpaired) electrons. The smallest absolute Gasteiger partial charge is 0.251 e. The molecule has 4 nitrogen and oxygen atoms in total. The van der Waals surface area contributed by atoms with Crippen molar-refractivity contribution in [2.75, 3.05) is 13.1 Å². The summed E-state index contributed by atoms with van der Waals surface area (Å²) < 4.78 is 0. The molecule has 1 saturated carbocycles.